The van der Waals surface area contributed by atoms with Crippen molar-refractivity contribution in [1.29, 1.82) is 0 Å². The maximum absolute atomic E-state index is 12.5. The summed E-state index contributed by atoms with van der Waals surface area (Å²) < 4.78 is 5.89. The fourth-order valence-corrected chi connectivity index (χ4v) is 2.57. The summed E-state index contributed by atoms with van der Waals surface area (Å²) in [4.78, 5) is 12.5. The molecule has 122 valence electrons. The third-order valence-electron chi connectivity index (χ3n) is 3.47. The third kappa shape index (κ3) is 4.63. The molecule has 0 heterocycles. The highest BCUT2D eigenvalue weighted by Gasteiger charge is 2.20. The van der Waals surface area contributed by atoms with Crippen molar-refractivity contribution in [2.45, 2.75) is 33.3 Å². The summed E-state index contributed by atoms with van der Waals surface area (Å²) in [6.45, 7) is 5.84. The molecule has 0 aromatic heterocycles. The molecular formula is C18H19Cl2NO2. The lowest BCUT2D eigenvalue weighted by Crippen LogP contribution is -2.32. The van der Waals surface area contributed by atoms with Crippen LogP contribution in [0, 0.1) is 13.8 Å². The van der Waals surface area contributed by atoms with Crippen LogP contribution in [-0.4, -0.2) is 12.0 Å². The molecule has 2 aromatic rings. The number of carbonyl (C=O) groups is 1. The predicted octanol–water partition coefficient (Wildman–Crippen LogP) is 5.41. The van der Waals surface area contributed by atoms with Gasteiger partial charge in [-0.1, -0.05) is 42.3 Å². The highest BCUT2D eigenvalue weighted by Crippen LogP contribution is 2.26. The second-order valence-electron chi connectivity index (χ2n) is 5.40. The zero-order valence-electron chi connectivity index (χ0n) is 13.3. The Bertz CT molecular complexity index is 716. The molecule has 1 amide bonds. The summed E-state index contributed by atoms with van der Waals surface area (Å²) in [5.41, 5.74) is 2.59. The van der Waals surface area contributed by atoms with Gasteiger partial charge in [0.1, 0.15) is 5.75 Å². The Balaban J connectivity index is 2.13. The molecule has 3 nitrogen and oxygen atoms in total. The van der Waals surface area contributed by atoms with Gasteiger partial charge in [0.15, 0.2) is 6.10 Å². The Morgan fingerprint density at radius 3 is 2.57 bits per heavy atom. The Hall–Kier alpha value is -1.71. The normalized spacial score (nSPS) is 11.9. The molecular weight excluding hydrogens is 333 g/mol. The molecule has 2 rings (SSSR count). The number of carbonyl (C=O) groups excluding carboxylic acids is 1. The summed E-state index contributed by atoms with van der Waals surface area (Å²) in [5.74, 6) is 0.479. The fourth-order valence-electron chi connectivity index (χ4n) is 2.11. The molecule has 0 fully saturated rings. The van der Waals surface area contributed by atoms with E-state index in [2.05, 4.69) is 5.32 Å². The van der Waals surface area contributed by atoms with Crippen LogP contribution in [0.5, 0.6) is 5.75 Å². The lowest BCUT2D eigenvalue weighted by molar-refractivity contribution is -0.122. The van der Waals surface area contributed by atoms with Gasteiger partial charge >= 0.3 is 0 Å². The maximum Gasteiger partial charge on any atom is 0.265 e. The second-order valence-corrected chi connectivity index (χ2v) is 6.24. The van der Waals surface area contributed by atoms with Crippen molar-refractivity contribution in [3.05, 3.63) is 57.6 Å². The van der Waals surface area contributed by atoms with Gasteiger partial charge in [-0.2, -0.15) is 0 Å². The van der Waals surface area contributed by atoms with Crippen molar-refractivity contribution in [1.82, 2.24) is 0 Å². The summed E-state index contributed by atoms with van der Waals surface area (Å²) in [7, 11) is 0. The highest BCUT2D eigenvalue weighted by atomic mass is 35.5. The van der Waals surface area contributed by atoms with Crippen LogP contribution < -0.4 is 10.1 Å². The van der Waals surface area contributed by atoms with Crippen LogP contribution in [-0.2, 0) is 4.79 Å². The summed E-state index contributed by atoms with van der Waals surface area (Å²) in [6, 6.07) is 10.9. The smallest absolute Gasteiger partial charge is 0.265 e. The largest absolute Gasteiger partial charge is 0.480 e. The molecule has 0 bridgehead atoms. The zero-order chi connectivity index (χ0) is 17.0. The van der Waals surface area contributed by atoms with Crippen LogP contribution in [0.1, 0.15) is 24.5 Å². The first kappa shape index (κ1) is 17.6. The van der Waals surface area contributed by atoms with Gasteiger partial charge in [0, 0.05) is 5.02 Å². The van der Waals surface area contributed by atoms with Crippen molar-refractivity contribution in [3.8, 4) is 5.75 Å². The number of nitrogens with one attached hydrogen (secondary N) is 1. The molecule has 2 aromatic carbocycles. The molecule has 0 aliphatic rings. The molecule has 0 aliphatic carbocycles. The van der Waals surface area contributed by atoms with E-state index in [0.29, 0.717) is 27.9 Å². The summed E-state index contributed by atoms with van der Waals surface area (Å²) >= 11 is 11.9. The van der Waals surface area contributed by atoms with E-state index in [1.54, 1.807) is 18.2 Å². The predicted molar refractivity (Wildman–Crippen MR) is 95.7 cm³/mol. The van der Waals surface area contributed by atoms with Gasteiger partial charge in [0.25, 0.3) is 5.91 Å². The topological polar surface area (TPSA) is 38.3 Å². The summed E-state index contributed by atoms with van der Waals surface area (Å²) in [5, 5.41) is 3.70. The van der Waals surface area contributed by atoms with Crippen LogP contribution in [0.2, 0.25) is 10.0 Å². The maximum atomic E-state index is 12.5. The van der Waals surface area contributed by atoms with Gasteiger partial charge in [-0.15, -0.1) is 0 Å². The number of ether oxygens (including phenoxy) is 1. The standard InChI is InChI=1S/C18H19Cl2NO2/c1-4-16(23-17-9-11(2)5-6-12(17)3)18(22)21-15-8-7-13(19)10-14(15)20/h5-10,16H,4H2,1-3H3,(H,21,22). The van der Waals surface area contributed by atoms with Crippen LogP contribution in [0.15, 0.2) is 36.4 Å². The molecule has 0 saturated carbocycles. The number of hydrogen-bond acceptors (Lipinski definition) is 2. The molecule has 1 atom stereocenters. The number of rotatable bonds is 5. The Labute approximate surface area is 146 Å². The van der Waals surface area contributed by atoms with E-state index in [-0.39, 0.29) is 5.91 Å². The summed E-state index contributed by atoms with van der Waals surface area (Å²) in [6.07, 6.45) is -0.0491. The number of benzene rings is 2. The van der Waals surface area contributed by atoms with E-state index in [1.165, 1.54) is 0 Å². The number of hydrogen-bond donors (Lipinski definition) is 1. The number of amides is 1. The SMILES string of the molecule is CCC(Oc1cc(C)ccc1C)C(=O)Nc1ccc(Cl)cc1Cl. The van der Waals surface area contributed by atoms with Gasteiger partial charge in [-0.3, -0.25) is 4.79 Å². The minimum Gasteiger partial charge on any atom is -0.480 e. The van der Waals surface area contributed by atoms with Crippen molar-refractivity contribution in [2.24, 2.45) is 0 Å². The third-order valence-corrected chi connectivity index (χ3v) is 4.01. The van der Waals surface area contributed by atoms with Crippen LogP contribution in [0.25, 0.3) is 0 Å². The molecule has 0 saturated heterocycles. The minimum absolute atomic E-state index is 0.238. The fraction of sp³-hybridized carbons (Fsp3) is 0.278. The molecule has 0 spiro atoms. The van der Waals surface area contributed by atoms with Gasteiger partial charge in [0.05, 0.1) is 10.7 Å². The van der Waals surface area contributed by atoms with Crippen LogP contribution >= 0.6 is 23.2 Å². The monoisotopic (exact) mass is 351 g/mol. The number of halogens is 2. The van der Waals surface area contributed by atoms with E-state index in [9.17, 15) is 4.79 Å². The molecule has 0 aliphatic heterocycles. The average Bonchev–Trinajstić information content (AvgIpc) is 2.50. The van der Waals surface area contributed by atoms with E-state index >= 15 is 0 Å². The van der Waals surface area contributed by atoms with Gasteiger partial charge in [0.2, 0.25) is 0 Å². The second kappa shape index (κ2) is 7.71. The van der Waals surface area contributed by atoms with Crippen LogP contribution in [0.3, 0.4) is 0 Å². The van der Waals surface area contributed by atoms with E-state index in [1.807, 2.05) is 39.0 Å². The van der Waals surface area contributed by atoms with Crippen molar-refractivity contribution in [2.75, 3.05) is 5.32 Å². The Kier molecular flexibility index (Phi) is 5.91. The van der Waals surface area contributed by atoms with E-state index in [4.69, 9.17) is 27.9 Å². The highest BCUT2D eigenvalue weighted by molar-refractivity contribution is 6.36. The first-order valence-electron chi connectivity index (χ1n) is 7.40. The Morgan fingerprint density at radius 1 is 1.17 bits per heavy atom. The molecule has 1 unspecified atom stereocenters. The number of aryl methyl sites for hydroxylation is 2. The van der Waals surface area contributed by atoms with Gasteiger partial charge in [-0.25, -0.2) is 0 Å². The molecule has 5 heteroatoms. The van der Waals surface area contributed by atoms with Crippen molar-refractivity contribution in [3.63, 3.8) is 0 Å². The first-order valence-corrected chi connectivity index (χ1v) is 8.16. The molecule has 23 heavy (non-hydrogen) atoms. The molecule has 1 N–H and O–H groups in total. The van der Waals surface area contributed by atoms with E-state index < -0.39 is 6.10 Å². The van der Waals surface area contributed by atoms with Crippen molar-refractivity contribution < 1.29 is 9.53 Å². The molecule has 0 radical (unpaired) electrons. The van der Waals surface area contributed by atoms with E-state index in [0.717, 1.165) is 11.1 Å². The Morgan fingerprint density at radius 2 is 1.91 bits per heavy atom. The number of anilines is 1. The van der Waals surface area contributed by atoms with Gasteiger partial charge < -0.3 is 10.1 Å². The van der Waals surface area contributed by atoms with Gasteiger partial charge in [-0.05, 0) is 55.7 Å². The average molecular weight is 352 g/mol. The minimum atomic E-state index is -0.595. The lowest BCUT2D eigenvalue weighted by atomic mass is 10.1. The quantitative estimate of drug-likeness (QED) is 0.782. The first-order chi connectivity index (χ1) is 10.9. The lowest BCUT2D eigenvalue weighted by Gasteiger charge is -2.19. The zero-order valence-corrected chi connectivity index (χ0v) is 14.8. The van der Waals surface area contributed by atoms with Crippen LogP contribution in [0.4, 0.5) is 5.69 Å². The van der Waals surface area contributed by atoms with Crippen molar-refractivity contribution >= 4 is 34.8 Å².